The van der Waals surface area contributed by atoms with Gasteiger partial charge in [-0.3, -0.25) is 0 Å². The topological polar surface area (TPSA) is 60.3 Å². The molecule has 1 unspecified atom stereocenters. The van der Waals surface area contributed by atoms with E-state index < -0.39 is 0 Å². The number of hydrogen-bond donors (Lipinski definition) is 2. The van der Waals surface area contributed by atoms with Crippen molar-refractivity contribution in [3.8, 4) is 11.5 Å². The smallest absolute Gasteiger partial charge is 0.161 e. The lowest BCUT2D eigenvalue weighted by Crippen LogP contribution is -2.16. The average molecular weight is 338 g/mol. The number of methoxy groups -OCH3 is 1. The summed E-state index contributed by atoms with van der Waals surface area (Å²) in [4.78, 5) is 3.48. The largest absolute Gasteiger partial charge is 0.493 e. The number of nitrogens with two attached hydrogens (primary N) is 1. The third kappa shape index (κ3) is 3.49. The number of H-pyrrole nitrogens is 1. The van der Waals surface area contributed by atoms with E-state index in [0.717, 1.165) is 23.4 Å². The highest BCUT2D eigenvalue weighted by Gasteiger charge is 2.19. The van der Waals surface area contributed by atoms with Gasteiger partial charge in [0.25, 0.3) is 0 Å². The lowest BCUT2D eigenvalue weighted by Gasteiger charge is -2.17. The van der Waals surface area contributed by atoms with Crippen LogP contribution in [-0.4, -0.2) is 25.2 Å². The summed E-state index contributed by atoms with van der Waals surface area (Å²) in [5, 5.41) is 1.26. The number of benzene rings is 2. The van der Waals surface area contributed by atoms with Crippen molar-refractivity contribution in [2.45, 2.75) is 26.2 Å². The number of aromatic nitrogens is 1. The van der Waals surface area contributed by atoms with Crippen molar-refractivity contribution in [1.29, 1.82) is 0 Å². The van der Waals surface area contributed by atoms with Crippen LogP contribution in [0.1, 0.15) is 29.7 Å². The monoisotopic (exact) mass is 338 g/mol. The van der Waals surface area contributed by atoms with Gasteiger partial charge in [-0.15, -0.1) is 0 Å². The first-order valence-corrected chi connectivity index (χ1v) is 8.74. The van der Waals surface area contributed by atoms with Crippen LogP contribution < -0.4 is 15.2 Å². The van der Waals surface area contributed by atoms with Crippen molar-refractivity contribution in [3.63, 3.8) is 0 Å². The van der Waals surface area contributed by atoms with Crippen LogP contribution in [0.2, 0.25) is 0 Å². The normalized spacial score (nSPS) is 12.3. The molecule has 0 saturated heterocycles. The molecular weight excluding hydrogens is 312 g/mol. The Bertz CT molecular complexity index is 854. The van der Waals surface area contributed by atoms with Crippen LogP contribution in [-0.2, 0) is 6.42 Å². The Morgan fingerprint density at radius 3 is 2.64 bits per heavy atom. The highest BCUT2D eigenvalue weighted by molar-refractivity contribution is 5.85. The SMILES string of the molecule is CCOc1cc(CC(CN)c2c(C)[nH]c3ccccc23)ccc1OC. The Kier molecular flexibility index (Phi) is 5.29. The lowest BCUT2D eigenvalue weighted by atomic mass is 9.90. The van der Waals surface area contributed by atoms with Crippen LogP contribution in [0.5, 0.6) is 11.5 Å². The zero-order valence-electron chi connectivity index (χ0n) is 15.1. The van der Waals surface area contributed by atoms with E-state index in [0.29, 0.717) is 13.2 Å². The summed E-state index contributed by atoms with van der Waals surface area (Å²) in [5.41, 5.74) is 11.0. The molecule has 0 fully saturated rings. The molecule has 0 aliphatic heterocycles. The molecular formula is C21H26N2O2. The second-order valence-electron chi connectivity index (χ2n) is 6.26. The molecule has 0 amide bonds. The quantitative estimate of drug-likeness (QED) is 0.680. The van der Waals surface area contributed by atoms with E-state index in [-0.39, 0.29) is 5.92 Å². The van der Waals surface area contributed by atoms with Crippen LogP contribution >= 0.6 is 0 Å². The zero-order valence-corrected chi connectivity index (χ0v) is 15.1. The molecule has 3 aromatic rings. The molecule has 4 nitrogen and oxygen atoms in total. The Balaban J connectivity index is 1.94. The van der Waals surface area contributed by atoms with Crippen LogP contribution in [0.15, 0.2) is 42.5 Å². The van der Waals surface area contributed by atoms with Gasteiger partial charge in [0, 0.05) is 22.5 Å². The maximum atomic E-state index is 6.15. The van der Waals surface area contributed by atoms with Crippen molar-refractivity contribution < 1.29 is 9.47 Å². The van der Waals surface area contributed by atoms with Crippen LogP contribution in [0, 0.1) is 6.92 Å². The number of aromatic amines is 1. The third-order valence-corrected chi connectivity index (χ3v) is 4.65. The van der Waals surface area contributed by atoms with E-state index in [1.807, 2.05) is 13.0 Å². The van der Waals surface area contributed by atoms with Gasteiger partial charge in [0.1, 0.15) is 0 Å². The van der Waals surface area contributed by atoms with Crippen molar-refractivity contribution in [2.75, 3.05) is 20.3 Å². The fourth-order valence-corrected chi connectivity index (χ4v) is 3.53. The number of aryl methyl sites for hydroxylation is 1. The summed E-state index contributed by atoms with van der Waals surface area (Å²) in [6.45, 7) is 5.31. The predicted molar refractivity (Wildman–Crippen MR) is 103 cm³/mol. The second-order valence-corrected chi connectivity index (χ2v) is 6.26. The fourth-order valence-electron chi connectivity index (χ4n) is 3.53. The van der Waals surface area contributed by atoms with Gasteiger partial charge in [0.05, 0.1) is 13.7 Å². The molecule has 132 valence electrons. The minimum absolute atomic E-state index is 0.249. The van der Waals surface area contributed by atoms with E-state index in [1.165, 1.54) is 22.2 Å². The molecule has 4 heteroatoms. The molecule has 0 saturated carbocycles. The first-order chi connectivity index (χ1) is 12.2. The Hall–Kier alpha value is -2.46. The van der Waals surface area contributed by atoms with Crippen LogP contribution in [0.3, 0.4) is 0 Å². The number of fused-ring (bicyclic) bond motifs is 1. The van der Waals surface area contributed by atoms with Crippen molar-refractivity contribution >= 4 is 10.9 Å². The molecule has 0 radical (unpaired) electrons. The van der Waals surface area contributed by atoms with Crippen molar-refractivity contribution in [1.82, 2.24) is 4.98 Å². The van der Waals surface area contributed by atoms with Gasteiger partial charge in [-0.2, -0.15) is 0 Å². The minimum atomic E-state index is 0.249. The maximum Gasteiger partial charge on any atom is 0.161 e. The molecule has 0 aliphatic rings. The molecule has 0 spiro atoms. The Morgan fingerprint density at radius 1 is 1.12 bits per heavy atom. The molecule has 2 aromatic carbocycles. The Morgan fingerprint density at radius 2 is 1.92 bits per heavy atom. The van der Waals surface area contributed by atoms with Gasteiger partial charge in [-0.25, -0.2) is 0 Å². The molecule has 3 N–H and O–H groups in total. The van der Waals surface area contributed by atoms with Gasteiger partial charge in [-0.1, -0.05) is 24.3 Å². The second kappa shape index (κ2) is 7.62. The van der Waals surface area contributed by atoms with Gasteiger partial charge >= 0.3 is 0 Å². The maximum absolute atomic E-state index is 6.15. The minimum Gasteiger partial charge on any atom is -0.493 e. The summed E-state index contributed by atoms with van der Waals surface area (Å²) in [7, 11) is 1.66. The van der Waals surface area contributed by atoms with Crippen LogP contribution in [0.4, 0.5) is 0 Å². The van der Waals surface area contributed by atoms with E-state index in [1.54, 1.807) is 7.11 Å². The summed E-state index contributed by atoms with van der Waals surface area (Å²) in [6, 6.07) is 14.5. The number of para-hydroxylation sites is 1. The first kappa shape index (κ1) is 17.4. The molecule has 25 heavy (non-hydrogen) atoms. The highest BCUT2D eigenvalue weighted by Crippen LogP contribution is 2.33. The number of rotatable bonds is 7. The van der Waals surface area contributed by atoms with Crippen LogP contribution in [0.25, 0.3) is 10.9 Å². The van der Waals surface area contributed by atoms with E-state index in [9.17, 15) is 0 Å². The summed E-state index contributed by atoms with van der Waals surface area (Å²) in [5.74, 6) is 1.80. The summed E-state index contributed by atoms with van der Waals surface area (Å²) < 4.78 is 11.1. The first-order valence-electron chi connectivity index (χ1n) is 8.74. The van der Waals surface area contributed by atoms with Gasteiger partial charge < -0.3 is 20.2 Å². The van der Waals surface area contributed by atoms with E-state index >= 15 is 0 Å². The molecule has 1 aromatic heterocycles. The van der Waals surface area contributed by atoms with Gasteiger partial charge in [0.2, 0.25) is 0 Å². The number of nitrogens with one attached hydrogen (secondary N) is 1. The zero-order chi connectivity index (χ0) is 17.8. The molecule has 0 bridgehead atoms. The molecule has 1 atom stereocenters. The Labute approximate surface area is 149 Å². The van der Waals surface area contributed by atoms with Gasteiger partial charge in [0.15, 0.2) is 11.5 Å². The van der Waals surface area contributed by atoms with E-state index in [2.05, 4.69) is 48.3 Å². The fraction of sp³-hybridized carbons (Fsp3) is 0.333. The summed E-state index contributed by atoms with van der Waals surface area (Å²) >= 11 is 0. The van der Waals surface area contributed by atoms with Crippen molar-refractivity contribution in [2.24, 2.45) is 5.73 Å². The lowest BCUT2D eigenvalue weighted by molar-refractivity contribution is 0.310. The van der Waals surface area contributed by atoms with Crippen molar-refractivity contribution in [3.05, 3.63) is 59.3 Å². The van der Waals surface area contributed by atoms with Gasteiger partial charge in [-0.05, 0) is 56.1 Å². The van der Waals surface area contributed by atoms with E-state index in [4.69, 9.17) is 15.2 Å². The standard InChI is InChI=1S/C21H26N2O2/c1-4-25-20-12-15(9-10-19(20)24-3)11-16(13-22)21-14(2)23-18-8-6-5-7-17(18)21/h5-10,12,16,23H,4,11,13,22H2,1-3H3. The third-order valence-electron chi connectivity index (χ3n) is 4.65. The number of ether oxygens (including phenoxy) is 2. The molecule has 1 heterocycles. The molecule has 3 rings (SSSR count). The summed E-state index contributed by atoms with van der Waals surface area (Å²) in [6.07, 6.45) is 0.864. The average Bonchev–Trinajstić information content (AvgIpc) is 2.96. The molecule has 0 aliphatic carbocycles. The predicted octanol–water partition coefficient (Wildman–Crippen LogP) is 4.17. The highest BCUT2D eigenvalue weighted by atomic mass is 16.5. The number of hydrogen-bond acceptors (Lipinski definition) is 3.